The zero-order valence-electron chi connectivity index (χ0n) is 12.4. The van der Waals surface area contributed by atoms with E-state index in [0.29, 0.717) is 13.1 Å². The average Bonchev–Trinajstić information content (AvgIpc) is 2.36. The number of piperazine rings is 1. The molecule has 0 radical (unpaired) electrons. The minimum absolute atomic E-state index is 0.0431. The fourth-order valence-corrected chi connectivity index (χ4v) is 2.46. The van der Waals surface area contributed by atoms with E-state index in [1.54, 1.807) is 4.90 Å². The molecule has 1 aromatic carbocycles. The summed E-state index contributed by atoms with van der Waals surface area (Å²) in [6, 6.07) is 7.56. The smallest absolute Gasteiger partial charge is 0.410 e. The third-order valence-electron chi connectivity index (χ3n) is 2.99. The summed E-state index contributed by atoms with van der Waals surface area (Å²) in [6.07, 6.45) is -0.440. The van der Waals surface area contributed by atoms with E-state index in [4.69, 9.17) is 4.74 Å². The molecule has 0 atom stereocenters. The molecule has 2 rings (SSSR count). The van der Waals surface area contributed by atoms with E-state index in [-0.39, 0.29) is 12.5 Å². The number of carbonyl (C=O) groups excluding carboxylic acids is 2. The first-order valence-corrected chi connectivity index (χ1v) is 7.59. The summed E-state index contributed by atoms with van der Waals surface area (Å²) in [4.78, 5) is 27.4. The van der Waals surface area contributed by atoms with Crippen LogP contribution < -0.4 is 4.90 Å². The van der Waals surface area contributed by atoms with Crippen LogP contribution in [0.4, 0.5) is 10.5 Å². The Kier molecular flexibility index (Phi) is 4.56. The maximum absolute atomic E-state index is 12.2. The van der Waals surface area contributed by atoms with Crippen molar-refractivity contribution in [3.63, 3.8) is 0 Å². The van der Waals surface area contributed by atoms with Gasteiger partial charge in [0, 0.05) is 23.2 Å². The number of benzene rings is 1. The van der Waals surface area contributed by atoms with E-state index in [9.17, 15) is 9.59 Å². The van der Waals surface area contributed by atoms with Gasteiger partial charge in [0.25, 0.3) is 0 Å². The molecule has 21 heavy (non-hydrogen) atoms. The van der Waals surface area contributed by atoms with E-state index in [0.717, 1.165) is 10.2 Å². The molecule has 1 saturated heterocycles. The molecule has 0 spiro atoms. The van der Waals surface area contributed by atoms with E-state index < -0.39 is 11.7 Å². The van der Waals surface area contributed by atoms with Crippen LogP contribution in [0, 0.1) is 0 Å². The highest BCUT2D eigenvalue weighted by Gasteiger charge is 2.30. The lowest BCUT2D eigenvalue weighted by Gasteiger charge is -2.35. The van der Waals surface area contributed by atoms with Gasteiger partial charge in [0.05, 0.1) is 0 Å². The minimum Gasteiger partial charge on any atom is -0.444 e. The summed E-state index contributed by atoms with van der Waals surface area (Å²) in [5.74, 6) is -0.106. The fraction of sp³-hybridized carbons (Fsp3) is 0.467. The lowest BCUT2D eigenvalue weighted by molar-refractivity contribution is -0.121. The topological polar surface area (TPSA) is 49.9 Å². The van der Waals surface area contributed by atoms with Crippen molar-refractivity contribution in [3.05, 3.63) is 28.7 Å². The number of ether oxygens (including phenoxy) is 1. The molecule has 0 saturated carbocycles. The Morgan fingerprint density at radius 1 is 1.29 bits per heavy atom. The Bertz CT molecular complexity index is 554. The average molecular weight is 355 g/mol. The number of nitrogens with zero attached hydrogens (tertiary/aromatic N) is 2. The molecule has 5 nitrogen and oxygen atoms in total. The number of carbonyl (C=O) groups is 2. The molecular formula is C15H19BrN2O3. The Morgan fingerprint density at radius 3 is 2.57 bits per heavy atom. The van der Waals surface area contributed by atoms with E-state index in [1.165, 1.54) is 4.90 Å². The second kappa shape index (κ2) is 6.05. The number of hydrogen-bond donors (Lipinski definition) is 0. The van der Waals surface area contributed by atoms with Crippen LogP contribution in [0.1, 0.15) is 20.8 Å². The van der Waals surface area contributed by atoms with Crippen molar-refractivity contribution in [1.82, 2.24) is 4.90 Å². The SMILES string of the molecule is CC(C)(C)OC(=O)N1CCN(c2cccc(Br)c2)C(=O)C1. The molecule has 1 fully saturated rings. The second-order valence-electron chi connectivity index (χ2n) is 5.93. The summed E-state index contributed by atoms with van der Waals surface area (Å²) in [5.41, 5.74) is 0.278. The van der Waals surface area contributed by atoms with Gasteiger partial charge in [-0.2, -0.15) is 0 Å². The summed E-state index contributed by atoms with van der Waals surface area (Å²) in [6.45, 7) is 6.41. The highest BCUT2D eigenvalue weighted by Crippen LogP contribution is 2.22. The zero-order chi connectivity index (χ0) is 15.6. The molecule has 0 unspecified atom stereocenters. The standard InChI is InChI=1S/C15H19BrN2O3/c1-15(2,3)21-14(20)17-7-8-18(13(19)10-17)12-6-4-5-11(16)9-12/h4-6,9H,7-8,10H2,1-3H3. The monoisotopic (exact) mass is 354 g/mol. The van der Waals surface area contributed by atoms with Gasteiger partial charge < -0.3 is 9.64 Å². The number of amides is 2. The minimum atomic E-state index is -0.554. The van der Waals surface area contributed by atoms with Gasteiger partial charge >= 0.3 is 6.09 Å². The predicted molar refractivity (Wildman–Crippen MR) is 84.3 cm³/mol. The van der Waals surface area contributed by atoms with Crippen molar-refractivity contribution in [2.24, 2.45) is 0 Å². The molecule has 2 amide bonds. The van der Waals surface area contributed by atoms with Crippen molar-refractivity contribution < 1.29 is 14.3 Å². The molecule has 0 bridgehead atoms. The normalized spacial score (nSPS) is 16.1. The largest absolute Gasteiger partial charge is 0.444 e. The number of hydrogen-bond acceptors (Lipinski definition) is 3. The van der Waals surface area contributed by atoms with Crippen molar-refractivity contribution >= 4 is 33.6 Å². The van der Waals surface area contributed by atoms with Crippen LogP contribution in [0.15, 0.2) is 28.7 Å². The van der Waals surface area contributed by atoms with Gasteiger partial charge in [-0.3, -0.25) is 9.69 Å². The zero-order valence-corrected chi connectivity index (χ0v) is 14.0. The fourth-order valence-electron chi connectivity index (χ4n) is 2.07. The van der Waals surface area contributed by atoms with Crippen molar-refractivity contribution in [2.45, 2.75) is 26.4 Å². The first-order valence-electron chi connectivity index (χ1n) is 6.80. The third-order valence-corrected chi connectivity index (χ3v) is 3.49. The first kappa shape index (κ1) is 15.8. The predicted octanol–water partition coefficient (Wildman–Crippen LogP) is 3.03. The highest BCUT2D eigenvalue weighted by atomic mass is 79.9. The van der Waals surface area contributed by atoms with E-state index >= 15 is 0 Å². The van der Waals surface area contributed by atoms with E-state index in [2.05, 4.69) is 15.9 Å². The molecular weight excluding hydrogens is 336 g/mol. The van der Waals surface area contributed by atoms with Crippen LogP contribution in [0.5, 0.6) is 0 Å². The Hall–Kier alpha value is -1.56. The lowest BCUT2D eigenvalue weighted by atomic mass is 10.2. The quantitative estimate of drug-likeness (QED) is 0.778. The maximum atomic E-state index is 12.2. The van der Waals surface area contributed by atoms with Crippen LogP contribution in [0.3, 0.4) is 0 Å². The number of anilines is 1. The van der Waals surface area contributed by atoms with Gasteiger partial charge in [0.15, 0.2) is 0 Å². The first-order chi connectivity index (χ1) is 9.76. The lowest BCUT2D eigenvalue weighted by Crippen LogP contribution is -2.53. The molecule has 0 aliphatic carbocycles. The van der Waals surface area contributed by atoms with Gasteiger partial charge in [-0.15, -0.1) is 0 Å². The Morgan fingerprint density at radius 2 is 2.00 bits per heavy atom. The van der Waals surface area contributed by atoms with Crippen LogP contribution in [0.2, 0.25) is 0 Å². The van der Waals surface area contributed by atoms with Crippen molar-refractivity contribution in [1.29, 1.82) is 0 Å². The van der Waals surface area contributed by atoms with Crippen LogP contribution in [-0.4, -0.2) is 42.1 Å². The van der Waals surface area contributed by atoms with Crippen LogP contribution in [0.25, 0.3) is 0 Å². The van der Waals surface area contributed by atoms with Gasteiger partial charge in [0.2, 0.25) is 5.91 Å². The van der Waals surface area contributed by atoms with Crippen LogP contribution in [-0.2, 0) is 9.53 Å². The van der Waals surface area contributed by atoms with Gasteiger partial charge in [-0.25, -0.2) is 4.79 Å². The molecule has 0 aromatic heterocycles. The van der Waals surface area contributed by atoms with E-state index in [1.807, 2.05) is 45.0 Å². The van der Waals surface area contributed by atoms with Gasteiger partial charge in [-0.1, -0.05) is 22.0 Å². The second-order valence-corrected chi connectivity index (χ2v) is 6.84. The highest BCUT2D eigenvalue weighted by molar-refractivity contribution is 9.10. The molecule has 1 heterocycles. The maximum Gasteiger partial charge on any atom is 0.410 e. The van der Waals surface area contributed by atoms with Crippen LogP contribution >= 0.6 is 15.9 Å². The Labute approximate surface area is 133 Å². The van der Waals surface area contributed by atoms with Crippen molar-refractivity contribution in [3.8, 4) is 0 Å². The molecule has 0 N–H and O–H groups in total. The summed E-state index contributed by atoms with van der Waals surface area (Å²) in [5, 5.41) is 0. The van der Waals surface area contributed by atoms with Gasteiger partial charge in [0.1, 0.15) is 12.1 Å². The van der Waals surface area contributed by atoms with Crippen molar-refractivity contribution in [2.75, 3.05) is 24.5 Å². The third kappa shape index (κ3) is 4.20. The summed E-state index contributed by atoms with van der Waals surface area (Å²) < 4.78 is 6.21. The molecule has 114 valence electrons. The molecule has 1 aliphatic rings. The number of rotatable bonds is 1. The summed E-state index contributed by atoms with van der Waals surface area (Å²) >= 11 is 3.39. The Balaban J connectivity index is 2.03. The summed E-state index contributed by atoms with van der Waals surface area (Å²) in [7, 11) is 0. The molecule has 1 aliphatic heterocycles. The van der Waals surface area contributed by atoms with Gasteiger partial charge in [-0.05, 0) is 39.0 Å². The number of halogens is 1. The molecule has 1 aromatic rings. The molecule has 6 heteroatoms.